The summed E-state index contributed by atoms with van der Waals surface area (Å²) in [4.78, 5) is 25.6. The number of hydrogen-bond acceptors (Lipinski definition) is 4. The first-order valence-electron chi connectivity index (χ1n) is 8.48. The van der Waals surface area contributed by atoms with Crippen molar-refractivity contribution in [3.63, 3.8) is 0 Å². The standard InChI is InChI=1S/C18H20ClN5O/c1-12(2)9-24-16-15(17(25)23-8-7-20-18(23)24)21-11-22(16)10-13-3-5-14(19)6-4-13/h3-6,11-12H,7-10H2,1-2H3. The Kier molecular flexibility index (Phi) is 4.00. The summed E-state index contributed by atoms with van der Waals surface area (Å²) in [6.07, 6.45) is 1.74. The predicted octanol–water partition coefficient (Wildman–Crippen LogP) is 2.87. The number of rotatable bonds is 4. The van der Waals surface area contributed by atoms with Crippen LogP contribution in [0.25, 0.3) is 0 Å². The largest absolute Gasteiger partial charge is 0.312 e. The van der Waals surface area contributed by atoms with Gasteiger partial charge in [-0.3, -0.25) is 19.6 Å². The normalized spacial score (nSPS) is 16.3. The van der Waals surface area contributed by atoms with Crippen LogP contribution in [0, 0.1) is 5.92 Å². The lowest BCUT2D eigenvalue weighted by molar-refractivity contribution is 0.0846. The smallest absolute Gasteiger partial charge is 0.283 e. The third-order valence-electron chi connectivity index (χ3n) is 4.39. The summed E-state index contributed by atoms with van der Waals surface area (Å²) >= 11 is 5.98. The number of fused-ring (bicyclic) bond motifs is 2. The Hall–Kier alpha value is -2.34. The number of aliphatic imine (C=N–C) groups is 1. The van der Waals surface area contributed by atoms with E-state index in [1.165, 1.54) is 0 Å². The van der Waals surface area contributed by atoms with E-state index in [4.69, 9.17) is 11.6 Å². The minimum atomic E-state index is -0.0545. The fourth-order valence-corrected chi connectivity index (χ4v) is 3.45. The van der Waals surface area contributed by atoms with Crippen molar-refractivity contribution in [2.75, 3.05) is 24.5 Å². The number of anilines is 1. The molecule has 0 N–H and O–H groups in total. The molecule has 3 heterocycles. The molecule has 1 amide bonds. The molecule has 0 atom stereocenters. The molecular weight excluding hydrogens is 338 g/mol. The molecule has 2 aliphatic heterocycles. The van der Waals surface area contributed by atoms with Crippen LogP contribution in [0.1, 0.15) is 29.9 Å². The molecule has 0 radical (unpaired) electrons. The molecule has 6 nitrogen and oxygen atoms in total. The van der Waals surface area contributed by atoms with Crippen molar-refractivity contribution >= 4 is 29.3 Å². The van der Waals surface area contributed by atoms with Crippen molar-refractivity contribution in [1.82, 2.24) is 14.5 Å². The van der Waals surface area contributed by atoms with E-state index in [0.29, 0.717) is 36.3 Å². The van der Waals surface area contributed by atoms with Gasteiger partial charge >= 0.3 is 0 Å². The van der Waals surface area contributed by atoms with Gasteiger partial charge in [0, 0.05) is 18.1 Å². The highest BCUT2D eigenvalue weighted by atomic mass is 35.5. The van der Waals surface area contributed by atoms with E-state index in [-0.39, 0.29) is 5.91 Å². The first-order chi connectivity index (χ1) is 12.0. The molecule has 1 aromatic heterocycles. The maximum absolute atomic E-state index is 12.8. The van der Waals surface area contributed by atoms with Crippen LogP contribution in [-0.2, 0) is 6.54 Å². The summed E-state index contributed by atoms with van der Waals surface area (Å²) in [7, 11) is 0. The van der Waals surface area contributed by atoms with Gasteiger partial charge in [-0.25, -0.2) is 4.98 Å². The van der Waals surface area contributed by atoms with Crippen LogP contribution in [0.3, 0.4) is 0 Å². The number of aromatic nitrogens is 2. The highest BCUT2D eigenvalue weighted by molar-refractivity contribution is 6.30. The first kappa shape index (κ1) is 16.1. The van der Waals surface area contributed by atoms with Gasteiger partial charge in [0.25, 0.3) is 5.91 Å². The Morgan fingerprint density at radius 1 is 1.24 bits per heavy atom. The second-order valence-corrected chi connectivity index (χ2v) is 7.25. The molecule has 0 saturated heterocycles. The van der Waals surface area contributed by atoms with Crippen molar-refractivity contribution in [2.24, 2.45) is 10.9 Å². The topological polar surface area (TPSA) is 53.7 Å². The fourth-order valence-electron chi connectivity index (χ4n) is 3.33. The molecule has 25 heavy (non-hydrogen) atoms. The third kappa shape index (κ3) is 2.80. The number of carbonyl (C=O) groups is 1. The zero-order chi connectivity index (χ0) is 17.6. The average Bonchev–Trinajstić information content (AvgIpc) is 3.21. The zero-order valence-electron chi connectivity index (χ0n) is 14.3. The van der Waals surface area contributed by atoms with E-state index < -0.39 is 0 Å². The van der Waals surface area contributed by atoms with Gasteiger partial charge in [0.15, 0.2) is 5.69 Å². The minimum Gasteiger partial charge on any atom is -0.312 e. The van der Waals surface area contributed by atoms with E-state index in [9.17, 15) is 4.79 Å². The van der Waals surface area contributed by atoms with Crippen LogP contribution in [0.5, 0.6) is 0 Å². The number of carbonyl (C=O) groups excluding carboxylic acids is 1. The van der Waals surface area contributed by atoms with Crippen LogP contribution in [0.15, 0.2) is 35.6 Å². The summed E-state index contributed by atoms with van der Waals surface area (Å²) in [6.45, 7) is 7.03. The van der Waals surface area contributed by atoms with Gasteiger partial charge < -0.3 is 4.57 Å². The van der Waals surface area contributed by atoms with E-state index in [1.807, 2.05) is 28.8 Å². The van der Waals surface area contributed by atoms with Gasteiger partial charge in [-0.05, 0) is 23.6 Å². The maximum Gasteiger partial charge on any atom is 0.283 e. The Morgan fingerprint density at radius 2 is 2.00 bits per heavy atom. The van der Waals surface area contributed by atoms with Crippen LogP contribution in [-0.4, -0.2) is 46.0 Å². The molecule has 4 rings (SSSR count). The lowest BCUT2D eigenvalue weighted by atomic mass is 10.1. The van der Waals surface area contributed by atoms with Crippen molar-refractivity contribution in [3.8, 4) is 0 Å². The molecule has 0 saturated carbocycles. The maximum atomic E-state index is 12.8. The average molecular weight is 358 g/mol. The molecule has 1 aromatic carbocycles. The Labute approximate surface area is 151 Å². The van der Waals surface area contributed by atoms with Gasteiger partial charge in [0.05, 0.1) is 19.4 Å². The van der Waals surface area contributed by atoms with Gasteiger partial charge in [-0.1, -0.05) is 37.6 Å². The van der Waals surface area contributed by atoms with E-state index in [2.05, 4.69) is 28.7 Å². The Bertz CT molecular complexity index is 840. The number of amides is 1. The number of nitrogens with zero attached hydrogens (tertiary/aromatic N) is 5. The second-order valence-electron chi connectivity index (χ2n) is 6.81. The number of benzene rings is 1. The third-order valence-corrected chi connectivity index (χ3v) is 4.64. The summed E-state index contributed by atoms with van der Waals surface area (Å²) in [5.41, 5.74) is 1.62. The molecule has 0 fully saturated rings. The highest BCUT2D eigenvalue weighted by Crippen LogP contribution is 2.31. The monoisotopic (exact) mass is 357 g/mol. The summed E-state index contributed by atoms with van der Waals surface area (Å²) in [6, 6.07) is 7.73. The molecule has 0 bridgehead atoms. The van der Waals surface area contributed by atoms with Crippen molar-refractivity contribution in [3.05, 3.63) is 46.9 Å². The van der Waals surface area contributed by atoms with Crippen LogP contribution >= 0.6 is 11.6 Å². The van der Waals surface area contributed by atoms with Crippen molar-refractivity contribution in [1.29, 1.82) is 0 Å². The van der Waals surface area contributed by atoms with E-state index >= 15 is 0 Å². The molecule has 130 valence electrons. The minimum absolute atomic E-state index is 0.0545. The SMILES string of the molecule is CC(C)CN1C2=NCCN2C(=O)c2ncn(Cc3ccc(Cl)cc3)c21. The number of hydrogen-bond donors (Lipinski definition) is 0. The number of imidazole rings is 1. The fraction of sp³-hybridized carbons (Fsp3) is 0.389. The van der Waals surface area contributed by atoms with E-state index in [1.54, 1.807) is 11.2 Å². The molecule has 0 spiro atoms. The lowest BCUT2D eigenvalue weighted by Crippen LogP contribution is -2.51. The summed E-state index contributed by atoms with van der Waals surface area (Å²) in [5, 5.41) is 0.712. The molecule has 7 heteroatoms. The predicted molar refractivity (Wildman–Crippen MR) is 98.3 cm³/mol. The van der Waals surface area contributed by atoms with Gasteiger partial charge in [0.1, 0.15) is 5.82 Å². The highest BCUT2D eigenvalue weighted by Gasteiger charge is 2.40. The Morgan fingerprint density at radius 3 is 2.72 bits per heavy atom. The lowest BCUT2D eigenvalue weighted by Gasteiger charge is -2.35. The molecule has 2 aliphatic rings. The van der Waals surface area contributed by atoms with Crippen LogP contribution in [0.4, 0.5) is 5.82 Å². The summed E-state index contributed by atoms with van der Waals surface area (Å²) < 4.78 is 2.02. The quantitative estimate of drug-likeness (QED) is 0.845. The first-order valence-corrected chi connectivity index (χ1v) is 8.86. The van der Waals surface area contributed by atoms with Gasteiger partial charge in [0.2, 0.25) is 5.96 Å². The summed E-state index contributed by atoms with van der Waals surface area (Å²) in [5.74, 6) is 1.97. The van der Waals surface area contributed by atoms with Crippen molar-refractivity contribution < 1.29 is 4.79 Å². The molecule has 0 aliphatic carbocycles. The number of guanidine groups is 1. The zero-order valence-corrected chi connectivity index (χ0v) is 15.1. The van der Waals surface area contributed by atoms with Crippen molar-refractivity contribution in [2.45, 2.75) is 20.4 Å². The number of halogens is 1. The van der Waals surface area contributed by atoms with Crippen LogP contribution < -0.4 is 4.90 Å². The molecular formula is C18H20ClN5O. The molecule has 0 unspecified atom stereocenters. The van der Waals surface area contributed by atoms with Gasteiger partial charge in [-0.2, -0.15) is 0 Å². The Balaban J connectivity index is 1.76. The van der Waals surface area contributed by atoms with Crippen LogP contribution in [0.2, 0.25) is 5.02 Å². The second kappa shape index (κ2) is 6.19. The molecule has 2 aromatic rings. The van der Waals surface area contributed by atoms with Gasteiger partial charge in [-0.15, -0.1) is 0 Å². The van der Waals surface area contributed by atoms with E-state index in [0.717, 1.165) is 23.9 Å².